The molecule has 0 aromatic carbocycles. The molecule has 0 aromatic rings. The fourth-order valence-corrected chi connectivity index (χ4v) is 0. The van der Waals surface area contributed by atoms with Crippen LogP contribution in [0.4, 0.5) is 0 Å². The molecule has 4 radical (unpaired) electrons. The van der Waals surface area contributed by atoms with E-state index in [1.807, 2.05) is 0 Å². The molecule has 0 spiro atoms. The van der Waals surface area contributed by atoms with Crippen LogP contribution in [0.15, 0.2) is 0 Å². The number of rotatable bonds is 0. The summed E-state index contributed by atoms with van der Waals surface area (Å²) in [5.74, 6) is 8.00. The average Bonchev–Trinajstić information content (AvgIpc) is 1.00. The molecule has 0 heterocycles. The zero-order chi connectivity index (χ0) is 2.00. The number of hydrogen-bond donors (Lipinski definition) is 2. The molecule has 3 nitrogen and oxygen atoms in total. The summed E-state index contributed by atoms with van der Waals surface area (Å²) in [5.41, 5.74) is 0. The molecule has 0 saturated carbocycles. The number of nitrogens with two attached hydrogens (primary N) is 2. The van der Waals surface area contributed by atoms with E-state index in [4.69, 9.17) is 0 Å². The maximum Gasteiger partial charge on any atom is 0 e. The molecular weight excluding hydrogens is 251 g/mol. The van der Waals surface area contributed by atoms with Crippen molar-refractivity contribution in [2.75, 3.05) is 0 Å². The summed E-state index contributed by atoms with van der Waals surface area (Å²) in [5, 5.41) is 0. The average molecular weight is 257 g/mol. The van der Waals surface area contributed by atoms with Gasteiger partial charge in [-0.25, -0.2) is 0 Å². The van der Waals surface area contributed by atoms with E-state index < -0.39 is 0 Å². The summed E-state index contributed by atoms with van der Waals surface area (Å²) in [6.07, 6.45) is 0. The van der Waals surface area contributed by atoms with Gasteiger partial charge >= 0.3 is 0 Å². The Morgan fingerprint density at radius 2 is 1.00 bits per heavy atom. The van der Waals surface area contributed by atoms with E-state index in [1.165, 1.54) is 0 Å². The van der Waals surface area contributed by atoms with Crippen LogP contribution in [0, 0.1) is 0 Å². The predicted molar refractivity (Wildman–Crippen MR) is 17.7 cm³/mol. The summed E-state index contributed by atoms with van der Waals surface area (Å²) >= 11 is 0. The van der Waals surface area contributed by atoms with Crippen LogP contribution in [0.25, 0.3) is 0 Å². The van der Waals surface area contributed by atoms with Crippen molar-refractivity contribution in [2.45, 2.75) is 0 Å². The topological polar surface area (TPSA) is 83.5 Å². The smallest absolute Gasteiger partial charge is 0 e. The van der Waals surface area contributed by atoms with Crippen molar-refractivity contribution >= 4 is 27.3 Å². The Balaban J connectivity index is -0.00000000500. The van der Waals surface area contributed by atoms with Gasteiger partial charge in [0, 0.05) is 27.3 Å². The Bertz CT molecular complexity index is 6.00. The van der Waals surface area contributed by atoms with Gasteiger partial charge in [-0.1, -0.05) is 0 Å². The van der Waals surface area contributed by atoms with Crippen molar-refractivity contribution in [3.63, 3.8) is 0 Å². The van der Waals surface area contributed by atoms with E-state index in [2.05, 4.69) is 11.7 Å². The van der Waals surface area contributed by atoms with E-state index >= 15 is 0 Å². The Morgan fingerprint density at radius 3 is 1.00 bits per heavy atom. The molecule has 6 N–H and O–H groups in total. The van der Waals surface area contributed by atoms with Crippen LogP contribution in [0.5, 0.6) is 0 Å². The summed E-state index contributed by atoms with van der Waals surface area (Å²) in [6.45, 7) is 0. The summed E-state index contributed by atoms with van der Waals surface area (Å²) < 4.78 is 0. The largest absolute Gasteiger partial charge is 0.412 e. The maximum atomic E-state index is 4.00. The first-order chi connectivity index (χ1) is 1.00. The Morgan fingerprint density at radius 1 is 1.00 bits per heavy atom. The molecular formula is H6N2OPb. The van der Waals surface area contributed by atoms with E-state index in [9.17, 15) is 0 Å². The maximum absolute atomic E-state index is 4.00. The summed E-state index contributed by atoms with van der Waals surface area (Å²) in [4.78, 5) is 0. The Labute approximate surface area is 44.8 Å². The third kappa shape index (κ3) is 14.1. The van der Waals surface area contributed by atoms with Crippen LogP contribution in [-0.2, 0) is 0 Å². The van der Waals surface area contributed by atoms with Crippen LogP contribution in [0.3, 0.4) is 0 Å². The minimum atomic E-state index is 0. The van der Waals surface area contributed by atoms with Crippen molar-refractivity contribution < 1.29 is 5.48 Å². The van der Waals surface area contributed by atoms with Crippen LogP contribution in [0.2, 0.25) is 0 Å². The minimum Gasteiger partial charge on any atom is -0.412 e. The van der Waals surface area contributed by atoms with Gasteiger partial charge in [0.15, 0.2) is 0 Å². The van der Waals surface area contributed by atoms with E-state index in [0.717, 1.165) is 0 Å². The molecule has 0 amide bonds. The van der Waals surface area contributed by atoms with Crippen LogP contribution in [0.1, 0.15) is 0 Å². The van der Waals surface area contributed by atoms with Gasteiger partial charge in [-0.3, -0.25) is 11.7 Å². The molecule has 0 rings (SSSR count). The standard InChI is InChI=1S/H4N2.H2O.Pb/c1-2;;/h1-2H2;1H2;. The van der Waals surface area contributed by atoms with Gasteiger partial charge in [0.2, 0.25) is 0 Å². The molecule has 0 aliphatic heterocycles. The first kappa shape index (κ1) is 21.4. The van der Waals surface area contributed by atoms with Crippen LogP contribution in [-0.4, -0.2) is 32.8 Å². The first-order valence-electron chi connectivity index (χ1n) is 0.333. The van der Waals surface area contributed by atoms with Gasteiger partial charge in [0.05, 0.1) is 0 Å². The van der Waals surface area contributed by atoms with Crippen molar-refractivity contribution in [2.24, 2.45) is 11.7 Å². The molecule has 0 bridgehead atoms. The fourth-order valence-electron chi connectivity index (χ4n) is 0. The number of hydrazine groups is 1. The zero-order valence-electron chi connectivity index (χ0n) is 2.15. The van der Waals surface area contributed by atoms with Gasteiger partial charge in [-0.15, -0.1) is 0 Å². The molecule has 0 fully saturated rings. The van der Waals surface area contributed by atoms with Crippen molar-refractivity contribution in [1.82, 2.24) is 0 Å². The van der Waals surface area contributed by atoms with Gasteiger partial charge < -0.3 is 5.48 Å². The minimum absolute atomic E-state index is 0. The molecule has 0 aliphatic rings. The SMILES string of the molecule is NN.O.[Pb]. The molecule has 4 heteroatoms. The predicted octanol–water partition coefficient (Wildman–Crippen LogP) is -2.39. The Kier molecular flexibility index (Phi) is 248. The third-order valence-corrected chi connectivity index (χ3v) is 0. The monoisotopic (exact) mass is 258 g/mol. The van der Waals surface area contributed by atoms with Crippen LogP contribution < -0.4 is 11.7 Å². The second kappa shape index (κ2) is 46.4. The molecule has 26 valence electrons. The molecule has 0 aliphatic carbocycles. The second-order valence-electron chi connectivity index (χ2n) is 0. The van der Waals surface area contributed by atoms with E-state index in [1.54, 1.807) is 0 Å². The molecule has 0 unspecified atom stereocenters. The summed E-state index contributed by atoms with van der Waals surface area (Å²) in [7, 11) is 0. The van der Waals surface area contributed by atoms with Crippen LogP contribution >= 0.6 is 0 Å². The molecule has 0 atom stereocenters. The third-order valence-electron chi connectivity index (χ3n) is 0. The van der Waals surface area contributed by atoms with E-state index in [-0.39, 0.29) is 32.8 Å². The zero-order valence-corrected chi connectivity index (χ0v) is 6.04. The van der Waals surface area contributed by atoms with Gasteiger partial charge in [-0.2, -0.15) is 0 Å². The van der Waals surface area contributed by atoms with E-state index in [0.29, 0.717) is 0 Å². The normalized spacial score (nSPS) is 1.50. The molecule has 0 aromatic heterocycles. The quantitative estimate of drug-likeness (QED) is 0.288. The molecule has 0 saturated heterocycles. The molecule has 4 heavy (non-hydrogen) atoms. The number of hydrogen-bond acceptors (Lipinski definition) is 2. The van der Waals surface area contributed by atoms with Gasteiger partial charge in [0.1, 0.15) is 0 Å². The van der Waals surface area contributed by atoms with Crippen molar-refractivity contribution in [3.8, 4) is 0 Å². The first-order valence-corrected chi connectivity index (χ1v) is 0.333. The van der Waals surface area contributed by atoms with Crippen molar-refractivity contribution in [1.29, 1.82) is 0 Å². The fraction of sp³-hybridized carbons (Fsp3) is 0. The Hall–Kier alpha value is 0.802. The van der Waals surface area contributed by atoms with Crippen molar-refractivity contribution in [3.05, 3.63) is 0 Å². The van der Waals surface area contributed by atoms with Gasteiger partial charge in [-0.05, 0) is 0 Å². The summed E-state index contributed by atoms with van der Waals surface area (Å²) in [6, 6.07) is 0. The van der Waals surface area contributed by atoms with Gasteiger partial charge in [0.25, 0.3) is 0 Å². The second-order valence-corrected chi connectivity index (χ2v) is 0.